The molecule has 3 unspecified atom stereocenters. The van der Waals surface area contributed by atoms with Crippen molar-refractivity contribution in [1.82, 2.24) is 15.8 Å². The molecule has 2 aromatic rings. The molecular weight excluding hydrogens is 375 g/mol. The Morgan fingerprint density at radius 2 is 1.93 bits per heavy atom. The van der Waals surface area contributed by atoms with Crippen LogP contribution in [0.25, 0.3) is 0 Å². The normalized spacial score (nSPS) is 24.9. The molecule has 0 aliphatic carbocycles. The Morgan fingerprint density at radius 1 is 1.18 bits per heavy atom. The zero-order chi connectivity index (χ0) is 19.9. The summed E-state index contributed by atoms with van der Waals surface area (Å²) in [6.07, 6.45) is -3.63. The van der Waals surface area contributed by atoms with Gasteiger partial charge in [-0.1, -0.05) is 12.1 Å². The highest BCUT2D eigenvalue weighted by Gasteiger charge is 2.42. The van der Waals surface area contributed by atoms with Crippen molar-refractivity contribution >= 4 is 5.91 Å². The molecule has 1 aromatic heterocycles. The first-order valence-corrected chi connectivity index (χ1v) is 8.98. The first-order chi connectivity index (χ1) is 13.4. The van der Waals surface area contributed by atoms with Crippen LogP contribution in [-0.2, 0) is 6.18 Å². The minimum atomic E-state index is -4.36. The molecule has 0 spiro atoms. The SMILES string of the molecule is COc1ccc(C(=O)N2CCC3NNC(c4ccc(C(F)(F)F)cc4)C3C2)o1. The second kappa shape index (κ2) is 7.14. The number of likely N-dealkylation sites (tertiary alicyclic amines) is 1. The van der Waals surface area contributed by atoms with Gasteiger partial charge in [-0.05, 0) is 30.2 Å². The highest BCUT2D eigenvalue weighted by Crippen LogP contribution is 2.36. The zero-order valence-corrected chi connectivity index (χ0v) is 15.1. The van der Waals surface area contributed by atoms with Gasteiger partial charge in [-0.15, -0.1) is 0 Å². The van der Waals surface area contributed by atoms with Gasteiger partial charge < -0.3 is 14.1 Å². The molecule has 0 bridgehead atoms. The predicted molar refractivity (Wildman–Crippen MR) is 93.5 cm³/mol. The average molecular weight is 395 g/mol. The van der Waals surface area contributed by atoms with Gasteiger partial charge >= 0.3 is 6.18 Å². The molecule has 28 heavy (non-hydrogen) atoms. The molecule has 2 aliphatic heterocycles. The Hall–Kier alpha value is -2.52. The molecule has 6 nitrogen and oxygen atoms in total. The number of methoxy groups -OCH3 is 1. The maximum absolute atomic E-state index is 12.8. The molecule has 4 rings (SSSR count). The molecule has 2 fully saturated rings. The maximum Gasteiger partial charge on any atom is 0.416 e. The van der Waals surface area contributed by atoms with Gasteiger partial charge in [0, 0.05) is 31.1 Å². The topological polar surface area (TPSA) is 66.7 Å². The number of hydrogen-bond donors (Lipinski definition) is 2. The molecular formula is C19H20F3N3O3. The standard InChI is InChI=1S/C19H20F3N3O3/c1-27-16-7-6-15(28-16)18(26)25-9-8-14-13(10-25)17(24-23-14)11-2-4-12(5-3-11)19(20,21)22/h2-7,13-14,17,23-24H,8-10H2,1H3. The number of halogens is 3. The van der Waals surface area contributed by atoms with E-state index in [2.05, 4.69) is 10.9 Å². The minimum Gasteiger partial charge on any atom is -0.468 e. The van der Waals surface area contributed by atoms with Crippen LogP contribution in [0.1, 0.15) is 34.1 Å². The number of nitrogens with zero attached hydrogens (tertiary/aromatic N) is 1. The number of carbonyl (C=O) groups is 1. The van der Waals surface area contributed by atoms with Gasteiger partial charge in [0.25, 0.3) is 11.9 Å². The molecule has 1 aromatic carbocycles. The Labute approximate surface area is 159 Å². The van der Waals surface area contributed by atoms with E-state index in [1.165, 1.54) is 19.2 Å². The second-order valence-corrected chi connectivity index (χ2v) is 7.02. The number of rotatable bonds is 3. The fourth-order valence-corrected chi connectivity index (χ4v) is 3.90. The molecule has 1 amide bonds. The van der Waals surface area contributed by atoms with E-state index in [1.807, 2.05) is 0 Å². The van der Waals surface area contributed by atoms with Crippen molar-refractivity contribution < 1.29 is 27.1 Å². The summed E-state index contributed by atoms with van der Waals surface area (Å²) in [7, 11) is 1.46. The predicted octanol–water partition coefficient (Wildman–Crippen LogP) is 2.99. The van der Waals surface area contributed by atoms with Crippen LogP contribution in [0, 0.1) is 5.92 Å². The summed E-state index contributed by atoms with van der Waals surface area (Å²) in [6, 6.07) is 8.27. The molecule has 3 atom stereocenters. The van der Waals surface area contributed by atoms with Crippen LogP contribution in [0.3, 0.4) is 0 Å². The lowest BCUT2D eigenvalue weighted by Crippen LogP contribution is -2.47. The molecule has 3 heterocycles. The van der Waals surface area contributed by atoms with E-state index >= 15 is 0 Å². The van der Waals surface area contributed by atoms with Crippen molar-refractivity contribution in [2.75, 3.05) is 20.2 Å². The third-order valence-corrected chi connectivity index (χ3v) is 5.39. The molecule has 2 aliphatic rings. The first kappa shape index (κ1) is 18.8. The van der Waals surface area contributed by atoms with E-state index in [9.17, 15) is 18.0 Å². The van der Waals surface area contributed by atoms with Crippen LogP contribution >= 0.6 is 0 Å². The van der Waals surface area contributed by atoms with Crippen molar-refractivity contribution in [3.8, 4) is 5.95 Å². The van der Waals surface area contributed by atoms with Crippen molar-refractivity contribution in [2.45, 2.75) is 24.7 Å². The van der Waals surface area contributed by atoms with Gasteiger partial charge in [0.2, 0.25) is 0 Å². The Kier molecular flexibility index (Phi) is 4.80. The maximum atomic E-state index is 12.8. The number of fused-ring (bicyclic) bond motifs is 1. The van der Waals surface area contributed by atoms with Gasteiger partial charge in [0.1, 0.15) is 0 Å². The number of amides is 1. The Bertz CT molecular complexity index is 850. The van der Waals surface area contributed by atoms with Crippen LogP contribution in [0.2, 0.25) is 0 Å². The second-order valence-electron chi connectivity index (χ2n) is 7.02. The van der Waals surface area contributed by atoms with Gasteiger partial charge in [-0.2, -0.15) is 13.2 Å². The van der Waals surface area contributed by atoms with Gasteiger partial charge in [-0.3, -0.25) is 10.2 Å². The van der Waals surface area contributed by atoms with E-state index in [1.54, 1.807) is 17.0 Å². The number of furan rings is 1. The fourth-order valence-electron chi connectivity index (χ4n) is 3.90. The summed E-state index contributed by atoms with van der Waals surface area (Å²) in [5, 5.41) is 0. The van der Waals surface area contributed by atoms with Crippen LogP contribution in [0.15, 0.2) is 40.8 Å². The molecule has 9 heteroatoms. The summed E-state index contributed by atoms with van der Waals surface area (Å²) in [4.78, 5) is 14.4. The third kappa shape index (κ3) is 3.47. The minimum absolute atomic E-state index is 0.0336. The number of piperidine rings is 1. The highest BCUT2D eigenvalue weighted by molar-refractivity contribution is 5.91. The zero-order valence-electron chi connectivity index (χ0n) is 15.1. The number of ether oxygens (including phenoxy) is 1. The summed E-state index contributed by atoms with van der Waals surface area (Å²) in [5.74, 6) is 0.288. The number of carbonyl (C=O) groups excluding carboxylic acids is 1. The lowest BCUT2D eigenvalue weighted by molar-refractivity contribution is -0.137. The number of alkyl halides is 3. The van der Waals surface area contributed by atoms with E-state index in [-0.39, 0.29) is 35.6 Å². The quantitative estimate of drug-likeness (QED) is 0.837. The van der Waals surface area contributed by atoms with Crippen molar-refractivity contribution in [3.05, 3.63) is 53.3 Å². The van der Waals surface area contributed by atoms with E-state index in [0.717, 1.165) is 24.1 Å². The third-order valence-electron chi connectivity index (χ3n) is 5.39. The molecule has 150 valence electrons. The van der Waals surface area contributed by atoms with Gasteiger partial charge in [-0.25, -0.2) is 5.43 Å². The first-order valence-electron chi connectivity index (χ1n) is 8.98. The van der Waals surface area contributed by atoms with Gasteiger partial charge in [0.15, 0.2) is 5.76 Å². The average Bonchev–Trinajstić information content (AvgIpc) is 3.33. The molecule has 2 saturated heterocycles. The number of benzene rings is 1. The van der Waals surface area contributed by atoms with Crippen molar-refractivity contribution in [1.29, 1.82) is 0 Å². The summed E-state index contributed by atoms with van der Waals surface area (Å²) >= 11 is 0. The fraction of sp³-hybridized carbons (Fsp3) is 0.421. The van der Waals surface area contributed by atoms with E-state index < -0.39 is 11.7 Å². The molecule has 2 N–H and O–H groups in total. The van der Waals surface area contributed by atoms with Crippen LogP contribution < -0.4 is 15.6 Å². The number of hydrogen-bond acceptors (Lipinski definition) is 5. The lowest BCUT2D eigenvalue weighted by atomic mass is 9.85. The number of nitrogens with one attached hydrogen (secondary N) is 2. The monoisotopic (exact) mass is 395 g/mol. The van der Waals surface area contributed by atoms with Crippen LogP contribution in [0.5, 0.6) is 5.95 Å². The summed E-state index contributed by atoms with van der Waals surface area (Å²) in [6.45, 7) is 1.04. The number of hydrazine groups is 1. The molecule has 0 radical (unpaired) electrons. The molecule has 0 saturated carbocycles. The highest BCUT2D eigenvalue weighted by atomic mass is 19.4. The Morgan fingerprint density at radius 3 is 2.57 bits per heavy atom. The summed E-state index contributed by atoms with van der Waals surface area (Å²) in [5.41, 5.74) is 6.46. The largest absolute Gasteiger partial charge is 0.468 e. The smallest absolute Gasteiger partial charge is 0.416 e. The lowest BCUT2D eigenvalue weighted by Gasteiger charge is -2.35. The van der Waals surface area contributed by atoms with Crippen molar-refractivity contribution in [3.63, 3.8) is 0 Å². The van der Waals surface area contributed by atoms with Crippen LogP contribution in [0.4, 0.5) is 13.2 Å². The van der Waals surface area contributed by atoms with Crippen molar-refractivity contribution in [2.24, 2.45) is 5.92 Å². The van der Waals surface area contributed by atoms with Crippen LogP contribution in [-0.4, -0.2) is 37.0 Å². The van der Waals surface area contributed by atoms with E-state index in [4.69, 9.17) is 9.15 Å². The summed E-state index contributed by atoms with van der Waals surface area (Å²) < 4.78 is 48.7. The Balaban J connectivity index is 1.49. The van der Waals surface area contributed by atoms with Gasteiger partial charge in [0.05, 0.1) is 18.7 Å². The van der Waals surface area contributed by atoms with E-state index in [0.29, 0.717) is 13.1 Å².